The van der Waals surface area contributed by atoms with E-state index in [1.54, 1.807) is 13.1 Å². The Kier molecular flexibility index (Phi) is 8.57. The van der Waals surface area contributed by atoms with Crippen LogP contribution in [0, 0.1) is 30.5 Å². The van der Waals surface area contributed by atoms with Crippen LogP contribution in [0.15, 0.2) is 73.1 Å². The number of anilines is 1. The van der Waals surface area contributed by atoms with Gasteiger partial charge in [0.1, 0.15) is 11.9 Å². The topological polar surface area (TPSA) is 49.7 Å². The lowest BCUT2D eigenvalue weighted by molar-refractivity contribution is 0.00197. The molecule has 0 spiro atoms. The van der Waals surface area contributed by atoms with E-state index in [1.165, 1.54) is 17.3 Å². The maximum atomic E-state index is 14.9. The summed E-state index contributed by atoms with van der Waals surface area (Å²) in [5, 5.41) is 2.65. The molecular formula is C35H45FN4O2. The van der Waals surface area contributed by atoms with Gasteiger partial charge in [-0.15, -0.1) is 0 Å². The van der Waals surface area contributed by atoms with Crippen LogP contribution in [0.5, 0.6) is 0 Å². The number of ether oxygens (including phenoxy) is 1. The van der Waals surface area contributed by atoms with Crippen molar-refractivity contribution in [2.24, 2.45) is 17.8 Å². The van der Waals surface area contributed by atoms with Gasteiger partial charge >= 0.3 is 6.09 Å². The number of benzene rings is 2. The average Bonchev–Trinajstić information content (AvgIpc) is 3.67. The van der Waals surface area contributed by atoms with Gasteiger partial charge in [0.05, 0.1) is 0 Å². The van der Waals surface area contributed by atoms with Crippen LogP contribution in [0.2, 0.25) is 0 Å². The molecule has 0 bridgehead atoms. The van der Waals surface area contributed by atoms with Gasteiger partial charge < -0.3 is 24.4 Å². The molecule has 0 radical (unpaired) electrons. The van der Waals surface area contributed by atoms with E-state index in [2.05, 4.69) is 81.5 Å². The second-order valence-electron chi connectivity index (χ2n) is 12.8. The van der Waals surface area contributed by atoms with Crippen molar-refractivity contribution in [3.63, 3.8) is 0 Å². The Bertz CT molecular complexity index is 1320. The van der Waals surface area contributed by atoms with E-state index in [1.807, 2.05) is 6.07 Å². The highest BCUT2D eigenvalue weighted by molar-refractivity contribution is 5.67. The van der Waals surface area contributed by atoms with Gasteiger partial charge in [-0.25, -0.2) is 9.18 Å². The Balaban J connectivity index is 1.22. The predicted octanol–water partition coefficient (Wildman–Crippen LogP) is 6.25. The minimum atomic E-state index is -0.379. The summed E-state index contributed by atoms with van der Waals surface area (Å²) in [5.74, 6) is 0.954. The van der Waals surface area contributed by atoms with Gasteiger partial charge in [0, 0.05) is 68.6 Å². The highest BCUT2D eigenvalue weighted by Gasteiger charge is 2.53. The lowest BCUT2D eigenvalue weighted by Crippen LogP contribution is -2.55. The lowest BCUT2D eigenvalue weighted by atomic mass is 9.58. The fourth-order valence-electron chi connectivity index (χ4n) is 8.15. The summed E-state index contributed by atoms with van der Waals surface area (Å²) in [4.78, 5) is 17.6. The summed E-state index contributed by atoms with van der Waals surface area (Å²) in [5.41, 5.74) is 3.32. The quantitative estimate of drug-likeness (QED) is 0.330. The van der Waals surface area contributed by atoms with Crippen molar-refractivity contribution >= 4 is 11.8 Å². The van der Waals surface area contributed by atoms with Crippen molar-refractivity contribution in [2.75, 3.05) is 44.7 Å². The molecule has 6 rings (SSSR count). The smallest absolute Gasteiger partial charge is 0.407 e. The average molecular weight is 573 g/mol. The Hall–Kier alpha value is -3.32. The number of carbonyl (C=O) groups excluding carboxylic acids is 1. The fourth-order valence-corrected chi connectivity index (χ4v) is 8.15. The molecule has 1 N–H and O–H groups in total. The molecule has 3 fully saturated rings. The number of rotatable bonds is 9. The predicted molar refractivity (Wildman–Crippen MR) is 165 cm³/mol. The van der Waals surface area contributed by atoms with Crippen molar-refractivity contribution in [1.29, 1.82) is 0 Å². The first kappa shape index (κ1) is 28.8. The van der Waals surface area contributed by atoms with E-state index < -0.39 is 0 Å². The zero-order valence-electron chi connectivity index (χ0n) is 25.1. The van der Waals surface area contributed by atoms with Crippen molar-refractivity contribution in [1.82, 2.24) is 14.8 Å². The van der Waals surface area contributed by atoms with Crippen LogP contribution >= 0.6 is 0 Å². The highest BCUT2D eigenvalue weighted by atomic mass is 19.1. The zero-order valence-corrected chi connectivity index (χ0v) is 25.1. The van der Waals surface area contributed by atoms with Crippen LogP contribution in [0.3, 0.4) is 0 Å². The lowest BCUT2D eigenvalue weighted by Gasteiger charge is -2.51. The van der Waals surface area contributed by atoms with Crippen molar-refractivity contribution in [2.45, 2.75) is 57.1 Å². The second kappa shape index (κ2) is 12.5. The fraction of sp³-hybridized carbons (Fsp3) is 0.514. The summed E-state index contributed by atoms with van der Waals surface area (Å²) < 4.78 is 23.2. The monoisotopic (exact) mass is 572 g/mol. The van der Waals surface area contributed by atoms with Gasteiger partial charge in [-0.1, -0.05) is 29.8 Å². The summed E-state index contributed by atoms with van der Waals surface area (Å²) in [6.45, 7) is 8.33. The van der Waals surface area contributed by atoms with Crippen LogP contribution in [0.1, 0.15) is 43.2 Å². The van der Waals surface area contributed by atoms with E-state index >= 15 is 0 Å². The van der Waals surface area contributed by atoms with Gasteiger partial charge in [-0.05, 0) is 100.0 Å². The third kappa shape index (κ3) is 5.94. The molecule has 3 aromatic rings. The molecule has 2 aromatic carbocycles. The largest absolute Gasteiger partial charge is 0.446 e. The number of hydrogen-bond donors (Lipinski definition) is 1. The van der Waals surface area contributed by atoms with Crippen LogP contribution in [0.4, 0.5) is 14.9 Å². The molecule has 3 heterocycles. The number of carbonyl (C=O) groups is 1. The molecular weight excluding hydrogens is 527 g/mol. The third-order valence-electron chi connectivity index (χ3n) is 10.2. The van der Waals surface area contributed by atoms with Gasteiger partial charge in [0.2, 0.25) is 0 Å². The van der Waals surface area contributed by atoms with E-state index in [4.69, 9.17) is 4.74 Å². The molecule has 224 valence electrons. The number of nitrogens with zero attached hydrogens (tertiary/aromatic N) is 3. The number of amides is 1. The van der Waals surface area contributed by atoms with Crippen molar-refractivity contribution in [3.05, 3.63) is 90.0 Å². The summed E-state index contributed by atoms with van der Waals surface area (Å²) >= 11 is 0. The molecule has 6 nitrogen and oxygen atoms in total. The number of halogens is 1. The van der Waals surface area contributed by atoms with E-state index in [0.29, 0.717) is 11.8 Å². The molecule has 1 saturated carbocycles. The number of piperidine rings is 1. The minimum absolute atomic E-state index is 0.116. The van der Waals surface area contributed by atoms with Gasteiger partial charge in [0.15, 0.2) is 0 Å². The molecule has 1 unspecified atom stereocenters. The molecule has 7 heteroatoms. The maximum Gasteiger partial charge on any atom is 0.407 e. The second-order valence-corrected chi connectivity index (χ2v) is 12.8. The van der Waals surface area contributed by atoms with E-state index in [0.717, 1.165) is 76.9 Å². The molecule has 3 aliphatic rings. The van der Waals surface area contributed by atoms with Crippen LogP contribution in [-0.2, 0) is 16.7 Å². The van der Waals surface area contributed by atoms with Gasteiger partial charge in [0.25, 0.3) is 0 Å². The molecule has 1 aliphatic carbocycles. The van der Waals surface area contributed by atoms with Crippen molar-refractivity contribution in [3.8, 4) is 0 Å². The van der Waals surface area contributed by atoms with Crippen LogP contribution in [0.25, 0.3) is 0 Å². The normalized spacial score (nSPS) is 23.4. The number of aromatic nitrogens is 1. The summed E-state index contributed by atoms with van der Waals surface area (Å²) in [7, 11) is 1.61. The number of aryl methyl sites for hydroxylation is 1. The molecule has 1 amide bonds. The standard InChI is InChI=1S/C35H45FN4O2/c1-26-11-13-31(14-12-26)40-23-27(24-40)22-38-19-15-28(16-20-38)35(25-39-17-3-4-18-39,29-7-5-8-30(36)21-29)32-9-6-10-33(32)42-34(41)37-2/h3-5,7-8,11-14,17-18,21,27-28,32-33H,6,9-10,15-16,19-20,22-25H2,1-2H3,(H,37,41)/t32-,33-,35?/m0/s1. The highest BCUT2D eigenvalue weighted by Crippen LogP contribution is 2.52. The first-order valence-electron chi connectivity index (χ1n) is 15.7. The van der Waals surface area contributed by atoms with E-state index in [9.17, 15) is 9.18 Å². The van der Waals surface area contributed by atoms with Crippen LogP contribution < -0.4 is 10.2 Å². The van der Waals surface area contributed by atoms with Gasteiger partial charge in [-0.3, -0.25) is 0 Å². The molecule has 2 saturated heterocycles. The minimum Gasteiger partial charge on any atom is -0.446 e. The molecule has 2 aliphatic heterocycles. The number of nitrogens with one attached hydrogen (secondary N) is 1. The Labute approximate surface area is 249 Å². The number of likely N-dealkylation sites (tertiary alicyclic amines) is 1. The molecule has 42 heavy (non-hydrogen) atoms. The Morgan fingerprint density at radius 1 is 1.00 bits per heavy atom. The number of alkyl carbamates (subject to hydrolysis) is 1. The first-order valence-corrected chi connectivity index (χ1v) is 15.7. The Morgan fingerprint density at radius 2 is 1.74 bits per heavy atom. The summed E-state index contributed by atoms with van der Waals surface area (Å²) in [6, 6.07) is 20.2. The Morgan fingerprint density at radius 3 is 2.43 bits per heavy atom. The van der Waals surface area contributed by atoms with E-state index in [-0.39, 0.29) is 29.3 Å². The first-order chi connectivity index (χ1) is 20.4. The molecule has 3 atom stereocenters. The maximum absolute atomic E-state index is 14.9. The number of hydrogen-bond acceptors (Lipinski definition) is 4. The third-order valence-corrected chi connectivity index (χ3v) is 10.2. The van der Waals surface area contributed by atoms with Crippen LogP contribution in [-0.4, -0.2) is 61.4 Å². The molecule has 1 aromatic heterocycles. The zero-order chi connectivity index (χ0) is 29.1. The van der Waals surface area contributed by atoms with Gasteiger partial charge in [-0.2, -0.15) is 0 Å². The van der Waals surface area contributed by atoms with Crippen molar-refractivity contribution < 1.29 is 13.9 Å². The summed E-state index contributed by atoms with van der Waals surface area (Å²) in [6.07, 6.45) is 8.58. The SMILES string of the molecule is CNC(=O)O[C@H]1CCC[C@@H]1C(Cn1cccc1)(c1cccc(F)c1)C1CCN(CC2CN(c3ccc(C)cc3)C2)CC1.